The number of hydrogen-bond acceptors (Lipinski definition) is 6. The van der Waals surface area contributed by atoms with Crippen molar-refractivity contribution in [2.24, 2.45) is 14.1 Å². The smallest absolute Gasteiger partial charge is 0.274 e. The molecule has 9 nitrogen and oxygen atoms in total. The van der Waals surface area contributed by atoms with Crippen LogP contribution in [0.4, 0.5) is 5.82 Å². The van der Waals surface area contributed by atoms with Crippen LogP contribution in [0.1, 0.15) is 29.2 Å². The van der Waals surface area contributed by atoms with E-state index in [0.717, 1.165) is 48.6 Å². The first-order valence-corrected chi connectivity index (χ1v) is 9.12. The van der Waals surface area contributed by atoms with Crippen LogP contribution in [-0.2, 0) is 14.1 Å². The molecule has 0 saturated carbocycles. The molecular weight excluding hydrogens is 344 g/mol. The van der Waals surface area contributed by atoms with Gasteiger partial charge in [-0.2, -0.15) is 10.2 Å². The number of aromatic nitrogens is 6. The van der Waals surface area contributed by atoms with Gasteiger partial charge in [0, 0.05) is 46.5 Å². The number of carbonyl (C=O) groups excluding carboxylic acids is 1. The molecule has 0 aromatic carbocycles. The van der Waals surface area contributed by atoms with Crippen molar-refractivity contribution >= 4 is 22.8 Å². The molecule has 1 amide bonds. The SMILES string of the molecule is Cc1nc(N2CCC(N(C)C(=O)c3ccn(C)n3)CC2)c2cnn(C)c2n1. The van der Waals surface area contributed by atoms with E-state index in [4.69, 9.17) is 0 Å². The maximum atomic E-state index is 12.6. The van der Waals surface area contributed by atoms with Gasteiger partial charge in [-0.05, 0) is 25.8 Å². The minimum Gasteiger partial charge on any atom is -0.356 e. The quantitative estimate of drug-likeness (QED) is 0.689. The minimum absolute atomic E-state index is 0.0263. The molecule has 0 spiro atoms. The number of aryl methyl sites for hydroxylation is 3. The van der Waals surface area contributed by atoms with Crippen LogP contribution in [-0.4, -0.2) is 66.5 Å². The summed E-state index contributed by atoms with van der Waals surface area (Å²) in [6, 6.07) is 1.96. The molecule has 9 heteroatoms. The molecule has 0 bridgehead atoms. The topological polar surface area (TPSA) is 85.0 Å². The van der Waals surface area contributed by atoms with Gasteiger partial charge in [0.2, 0.25) is 0 Å². The Labute approximate surface area is 157 Å². The van der Waals surface area contributed by atoms with Crippen molar-refractivity contribution in [1.29, 1.82) is 0 Å². The van der Waals surface area contributed by atoms with Gasteiger partial charge in [-0.25, -0.2) is 9.97 Å². The predicted molar refractivity (Wildman–Crippen MR) is 102 cm³/mol. The molecule has 0 aliphatic carbocycles. The highest BCUT2D eigenvalue weighted by atomic mass is 16.2. The lowest BCUT2D eigenvalue weighted by atomic mass is 10.0. The van der Waals surface area contributed by atoms with E-state index in [-0.39, 0.29) is 11.9 Å². The Morgan fingerprint density at radius 3 is 2.63 bits per heavy atom. The van der Waals surface area contributed by atoms with Crippen LogP contribution in [0.15, 0.2) is 18.5 Å². The van der Waals surface area contributed by atoms with Gasteiger partial charge in [0.25, 0.3) is 5.91 Å². The average molecular weight is 368 g/mol. The Morgan fingerprint density at radius 2 is 1.96 bits per heavy atom. The van der Waals surface area contributed by atoms with Gasteiger partial charge in [0.15, 0.2) is 5.65 Å². The number of nitrogens with zero attached hydrogens (tertiary/aromatic N) is 8. The highest BCUT2D eigenvalue weighted by molar-refractivity contribution is 5.92. The summed E-state index contributed by atoms with van der Waals surface area (Å²) in [4.78, 5) is 25.9. The average Bonchev–Trinajstić information content (AvgIpc) is 3.26. The summed E-state index contributed by atoms with van der Waals surface area (Å²) in [5.74, 6) is 1.65. The lowest BCUT2D eigenvalue weighted by Gasteiger charge is -2.37. The Hall–Kier alpha value is -2.97. The Balaban J connectivity index is 1.48. The van der Waals surface area contributed by atoms with Crippen LogP contribution in [0.3, 0.4) is 0 Å². The zero-order valence-electron chi connectivity index (χ0n) is 16.1. The highest BCUT2D eigenvalue weighted by Gasteiger charge is 2.28. The minimum atomic E-state index is -0.0263. The molecule has 1 aliphatic heterocycles. The summed E-state index contributed by atoms with van der Waals surface area (Å²) in [7, 11) is 5.58. The van der Waals surface area contributed by atoms with E-state index in [2.05, 4.69) is 25.1 Å². The van der Waals surface area contributed by atoms with Gasteiger partial charge < -0.3 is 9.80 Å². The summed E-state index contributed by atoms with van der Waals surface area (Å²) in [5.41, 5.74) is 1.34. The third-order valence-electron chi connectivity index (χ3n) is 5.25. The fourth-order valence-electron chi connectivity index (χ4n) is 3.69. The largest absolute Gasteiger partial charge is 0.356 e. The van der Waals surface area contributed by atoms with Gasteiger partial charge in [-0.15, -0.1) is 0 Å². The van der Waals surface area contributed by atoms with Gasteiger partial charge in [0.05, 0.1) is 11.6 Å². The second-order valence-corrected chi connectivity index (χ2v) is 7.11. The van der Waals surface area contributed by atoms with E-state index in [1.165, 1.54) is 0 Å². The molecule has 0 N–H and O–H groups in total. The van der Waals surface area contributed by atoms with E-state index < -0.39 is 0 Å². The summed E-state index contributed by atoms with van der Waals surface area (Å²) in [6.45, 7) is 3.58. The van der Waals surface area contributed by atoms with Crippen molar-refractivity contribution in [1.82, 2.24) is 34.4 Å². The summed E-state index contributed by atoms with van der Waals surface area (Å²) in [5, 5.41) is 9.52. The van der Waals surface area contributed by atoms with Crippen LogP contribution in [0.2, 0.25) is 0 Å². The maximum absolute atomic E-state index is 12.6. The number of anilines is 1. The van der Waals surface area contributed by atoms with Gasteiger partial charge in [-0.3, -0.25) is 14.2 Å². The van der Waals surface area contributed by atoms with Crippen LogP contribution >= 0.6 is 0 Å². The Kier molecular flexibility index (Phi) is 4.29. The van der Waals surface area contributed by atoms with Crippen molar-refractivity contribution in [3.63, 3.8) is 0 Å². The summed E-state index contributed by atoms with van der Waals surface area (Å²) >= 11 is 0. The number of rotatable bonds is 3. The van der Waals surface area contributed by atoms with E-state index in [1.54, 1.807) is 21.6 Å². The van der Waals surface area contributed by atoms with E-state index >= 15 is 0 Å². The second-order valence-electron chi connectivity index (χ2n) is 7.11. The van der Waals surface area contributed by atoms with E-state index in [9.17, 15) is 4.79 Å². The molecular formula is C18H24N8O. The Bertz CT molecular complexity index is 983. The third-order valence-corrected chi connectivity index (χ3v) is 5.25. The van der Waals surface area contributed by atoms with Crippen molar-refractivity contribution in [3.8, 4) is 0 Å². The zero-order valence-corrected chi connectivity index (χ0v) is 16.1. The molecule has 0 radical (unpaired) electrons. The van der Waals surface area contributed by atoms with Crippen molar-refractivity contribution in [3.05, 3.63) is 30.0 Å². The van der Waals surface area contributed by atoms with Crippen LogP contribution < -0.4 is 4.90 Å². The number of amides is 1. The molecule has 27 heavy (non-hydrogen) atoms. The molecule has 0 unspecified atom stereocenters. The number of fused-ring (bicyclic) bond motifs is 1. The first kappa shape index (κ1) is 17.4. The van der Waals surface area contributed by atoms with Crippen LogP contribution in [0.5, 0.6) is 0 Å². The normalized spacial score (nSPS) is 15.5. The summed E-state index contributed by atoms with van der Waals surface area (Å²) < 4.78 is 3.43. The van der Waals surface area contributed by atoms with E-state index in [1.807, 2.05) is 39.2 Å². The fraction of sp³-hybridized carbons (Fsp3) is 0.500. The van der Waals surface area contributed by atoms with E-state index in [0.29, 0.717) is 5.69 Å². The molecule has 4 heterocycles. The Morgan fingerprint density at radius 1 is 1.22 bits per heavy atom. The number of carbonyl (C=O) groups is 1. The molecule has 4 rings (SSSR count). The molecule has 1 fully saturated rings. The first-order chi connectivity index (χ1) is 12.9. The monoisotopic (exact) mass is 368 g/mol. The van der Waals surface area contributed by atoms with Crippen molar-refractivity contribution < 1.29 is 4.79 Å². The zero-order chi connectivity index (χ0) is 19.1. The molecule has 142 valence electrons. The third kappa shape index (κ3) is 3.13. The lowest BCUT2D eigenvalue weighted by molar-refractivity contribution is 0.0702. The first-order valence-electron chi connectivity index (χ1n) is 9.12. The van der Waals surface area contributed by atoms with Crippen molar-refractivity contribution in [2.45, 2.75) is 25.8 Å². The highest BCUT2D eigenvalue weighted by Crippen LogP contribution is 2.27. The summed E-state index contributed by atoms with van der Waals surface area (Å²) in [6.07, 6.45) is 5.40. The van der Waals surface area contributed by atoms with Gasteiger partial charge >= 0.3 is 0 Å². The standard InChI is InChI=1S/C18H24N8O/c1-12-20-16-14(11-19-25(16)4)17(21-12)26-9-5-13(6-10-26)24(3)18(27)15-7-8-23(2)22-15/h7-8,11,13H,5-6,9-10H2,1-4H3. The molecule has 1 aliphatic rings. The molecule has 3 aromatic heterocycles. The van der Waals surface area contributed by atoms with Crippen LogP contribution in [0, 0.1) is 6.92 Å². The molecule has 3 aromatic rings. The van der Waals surface area contributed by atoms with Gasteiger partial charge in [0.1, 0.15) is 17.3 Å². The predicted octanol–water partition coefficient (Wildman–Crippen LogP) is 1.15. The van der Waals surface area contributed by atoms with Crippen molar-refractivity contribution in [2.75, 3.05) is 25.0 Å². The lowest BCUT2D eigenvalue weighted by Crippen LogP contribution is -2.46. The number of piperidine rings is 1. The fourth-order valence-corrected chi connectivity index (χ4v) is 3.69. The molecule has 0 atom stereocenters. The van der Waals surface area contributed by atoms with Gasteiger partial charge in [-0.1, -0.05) is 0 Å². The number of hydrogen-bond donors (Lipinski definition) is 0. The maximum Gasteiger partial charge on any atom is 0.274 e. The van der Waals surface area contributed by atoms with Crippen LogP contribution in [0.25, 0.3) is 11.0 Å². The molecule has 1 saturated heterocycles. The second kappa shape index (κ2) is 6.64.